The zero-order valence-electron chi connectivity index (χ0n) is 23.3. The molecule has 0 aliphatic carbocycles. The number of ether oxygens (including phenoxy) is 1. The van der Waals surface area contributed by atoms with Gasteiger partial charge >= 0.3 is 12.1 Å². The van der Waals surface area contributed by atoms with E-state index in [1.165, 1.54) is 0 Å². The van der Waals surface area contributed by atoms with Crippen molar-refractivity contribution >= 4 is 23.7 Å². The third kappa shape index (κ3) is 6.17. The number of hydrogen-bond acceptors (Lipinski definition) is 6. The van der Waals surface area contributed by atoms with Gasteiger partial charge in [-0.05, 0) is 61.4 Å². The molecule has 0 aromatic heterocycles. The number of phenols is 1. The van der Waals surface area contributed by atoms with Crippen LogP contribution in [0.5, 0.6) is 5.75 Å². The number of fused-ring (bicyclic) bond motifs is 1. The van der Waals surface area contributed by atoms with Crippen LogP contribution in [0, 0.1) is 13.8 Å². The fraction of sp³-hybridized carbons (Fsp3) is 0.500. The molecule has 2 aromatic rings. The molecule has 0 spiro atoms. The second-order valence-electron chi connectivity index (χ2n) is 11.0. The second kappa shape index (κ2) is 12.2. The van der Waals surface area contributed by atoms with Gasteiger partial charge in [-0.25, -0.2) is 9.59 Å². The van der Waals surface area contributed by atoms with Gasteiger partial charge in [0.25, 0.3) is 5.91 Å². The molecule has 3 heterocycles. The number of carbonyl (C=O) groups excluding carboxylic acids is 3. The van der Waals surface area contributed by atoms with E-state index in [4.69, 9.17) is 4.74 Å². The highest BCUT2D eigenvalue weighted by Crippen LogP contribution is 2.26. The fourth-order valence-electron chi connectivity index (χ4n) is 5.94. The molecule has 2 saturated heterocycles. The molecule has 10 heteroatoms. The molecule has 0 saturated carbocycles. The molecular weight excluding hydrogens is 510 g/mol. The Bertz CT molecular complexity index is 1230. The minimum absolute atomic E-state index is 0.0274. The summed E-state index contributed by atoms with van der Waals surface area (Å²) in [5.41, 5.74) is 4.25. The number of carbonyl (C=O) groups is 3. The molecular formula is C30H39N5O5. The molecule has 214 valence electrons. The molecule has 3 aliphatic rings. The van der Waals surface area contributed by atoms with Crippen molar-refractivity contribution < 1.29 is 24.2 Å². The Balaban J connectivity index is 1.22. The van der Waals surface area contributed by atoms with Crippen LogP contribution in [0.15, 0.2) is 36.4 Å². The number of phenolic OH excluding ortho intramolecular Hbond substituents is 1. The number of anilines is 1. The molecule has 4 amide bonds. The number of amides is 4. The van der Waals surface area contributed by atoms with Crippen molar-refractivity contribution in [1.82, 2.24) is 20.0 Å². The molecule has 40 heavy (non-hydrogen) atoms. The van der Waals surface area contributed by atoms with Crippen LogP contribution in [0.1, 0.15) is 35.1 Å². The lowest BCUT2D eigenvalue weighted by molar-refractivity contribution is -0.141. The summed E-state index contributed by atoms with van der Waals surface area (Å²) in [5.74, 6) is 0.0319. The van der Waals surface area contributed by atoms with Crippen molar-refractivity contribution in [3.05, 3.63) is 58.7 Å². The smallest absolute Gasteiger partial charge is 0.410 e. The normalized spacial score (nSPS) is 18.9. The molecule has 0 radical (unpaired) electrons. The SMILES string of the molecule is Cc1cc(C[C@@H](OC(=O)N2CCC(N3CCc4ccccc4NC3=O)CC2)C(=O)N2CCNCC2)cc(C)c1O. The van der Waals surface area contributed by atoms with Gasteiger partial charge in [0.2, 0.25) is 0 Å². The van der Waals surface area contributed by atoms with E-state index in [1.807, 2.05) is 55.1 Å². The van der Waals surface area contributed by atoms with E-state index in [9.17, 15) is 19.5 Å². The standard InChI is InChI=1S/C30H39N5O5/c1-20-17-22(18-21(2)27(20)36)19-26(28(37)33-15-10-31-11-16-33)40-30(39)34-12-8-24(9-13-34)35-14-7-23-5-3-4-6-25(23)32-29(35)38/h3-6,17-18,24,26,31,36H,7-16,19H2,1-2H3,(H,32,38)/t26-/m1/s1. The minimum Gasteiger partial charge on any atom is -0.507 e. The van der Waals surface area contributed by atoms with E-state index in [0.29, 0.717) is 58.7 Å². The van der Waals surface area contributed by atoms with Gasteiger partial charge in [0.05, 0.1) is 0 Å². The van der Waals surface area contributed by atoms with Crippen molar-refractivity contribution in [1.29, 1.82) is 0 Å². The summed E-state index contributed by atoms with van der Waals surface area (Å²) in [4.78, 5) is 45.0. The van der Waals surface area contributed by atoms with E-state index in [0.717, 1.165) is 34.4 Å². The Kier molecular flexibility index (Phi) is 8.44. The number of aryl methyl sites for hydroxylation is 2. The van der Waals surface area contributed by atoms with Crippen molar-refractivity contribution in [2.24, 2.45) is 0 Å². The quantitative estimate of drug-likeness (QED) is 0.528. The van der Waals surface area contributed by atoms with Gasteiger partial charge in [-0.3, -0.25) is 4.79 Å². The van der Waals surface area contributed by atoms with Crippen molar-refractivity contribution in [2.75, 3.05) is 51.1 Å². The summed E-state index contributed by atoms with van der Waals surface area (Å²) in [6.07, 6.45) is 0.843. The number of likely N-dealkylation sites (tertiary alicyclic amines) is 1. The number of aromatic hydroxyl groups is 1. The number of piperazine rings is 1. The number of urea groups is 1. The Morgan fingerprint density at radius 1 is 1.00 bits per heavy atom. The average Bonchev–Trinajstić information content (AvgIpc) is 3.13. The van der Waals surface area contributed by atoms with Crippen molar-refractivity contribution in [3.8, 4) is 5.75 Å². The molecule has 0 bridgehead atoms. The molecule has 5 rings (SSSR count). The van der Waals surface area contributed by atoms with Crippen LogP contribution in [-0.2, 0) is 22.4 Å². The van der Waals surface area contributed by atoms with Gasteiger partial charge in [-0.2, -0.15) is 0 Å². The van der Waals surface area contributed by atoms with Gasteiger partial charge < -0.3 is 35.2 Å². The second-order valence-corrected chi connectivity index (χ2v) is 11.0. The maximum Gasteiger partial charge on any atom is 0.410 e. The Morgan fingerprint density at radius 2 is 1.68 bits per heavy atom. The van der Waals surface area contributed by atoms with Gasteiger partial charge in [0.15, 0.2) is 6.10 Å². The first kappa shape index (κ1) is 27.8. The van der Waals surface area contributed by atoms with E-state index in [-0.39, 0.29) is 30.2 Å². The van der Waals surface area contributed by atoms with Crippen LogP contribution in [0.3, 0.4) is 0 Å². The molecule has 0 unspecified atom stereocenters. The van der Waals surface area contributed by atoms with Gasteiger partial charge in [-0.15, -0.1) is 0 Å². The molecule has 2 fully saturated rings. The van der Waals surface area contributed by atoms with E-state index in [1.54, 1.807) is 9.80 Å². The molecule has 2 aromatic carbocycles. The number of rotatable bonds is 5. The van der Waals surface area contributed by atoms with Crippen LogP contribution in [0.4, 0.5) is 15.3 Å². The van der Waals surface area contributed by atoms with Crippen LogP contribution in [0.2, 0.25) is 0 Å². The number of benzene rings is 2. The summed E-state index contributed by atoms with van der Waals surface area (Å²) < 4.78 is 5.90. The monoisotopic (exact) mass is 549 g/mol. The number of nitrogens with one attached hydrogen (secondary N) is 2. The highest BCUT2D eigenvalue weighted by atomic mass is 16.6. The summed E-state index contributed by atoms with van der Waals surface area (Å²) in [6, 6.07) is 11.5. The predicted molar refractivity (Wildman–Crippen MR) is 151 cm³/mol. The lowest BCUT2D eigenvalue weighted by Crippen LogP contribution is -2.53. The van der Waals surface area contributed by atoms with E-state index >= 15 is 0 Å². The number of hydrogen-bond donors (Lipinski definition) is 3. The largest absolute Gasteiger partial charge is 0.507 e. The van der Waals surface area contributed by atoms with Crippen LogP contribution >= 0.6 is 0 Å². The highest BCUT2D eigenvalue weighted by Gasteiger charge is 2.35. The zero-order valence-corrected chi connectivity index (χ0v) is 23.3. The first-order valence-corrected chi connectivity index (χ1v) is 14.2. The number of piperidine rings is 1. The van der Waals surface area contributed by atoms with Crippen molar-refractivity contribution in [3.63, 3.8) is 0 Å². The summed E-state index contributed by atoms with van der Waals surface area (Å²) >= 11 is 0. The van der Waals surface area contributed by atoms with Crippen LogP contribution in [0.25, 0.3) is 0 Å². The molecule has 3 N–H and O–H groups in total. The van der Waals surface area contributed by atoms with E-state index < -0.39 is 12.2 Å². The fourth-order valence-corrected chi connectivity index (χ4v) is 5.94. The maximum atomic E-state index is 13.5. The molecule has 10 nitrogen and oxygen atoms in total. The summed E-state index contributed by atoms with van der Waals surface area (Å²) in [5, 5.41) is 16.5. The first-order valence-electron chi connectivity index (χ1n) is 14.2. The lowest BCUT2D eigenvalue weighted by Gasteiger charge is -2.38. The zero-order chi connectivity index (χ0) is 28.2. The van der Waals surface area contributed by atoms with Gasteiger partial charge in [-0.1, -0.05) is 30.3 Å². The van der Waals surface area contributed by atoms with E-state index in [2.05, 4.69) is 10.6 Å². The van der Waals surface area contributed by atoms with Gasteiger partial charge in [0.1, 0.15) is 5.75 Å². The predicted octanol–water partition coefficient (Wildman–Crippen LogP) is 3.04. The van der Waals surface area contributed by atoms with Crippen molar-refractivity contribution in [2.45, 2.75) is 51.7 Å². The topological polar surface area (TPSA) is 114 Å². The average molecular weight is 550 g/mol. The molecule has 3 aliphatic heterocycles. The molecule has 1 atom stereocenters. The Labute approximate surface area is 235 Å². The lowest BCUT2D eigenvalue weighted by atomic mass is 10.0. The van der Waals surface area contributed by atoms with Crippen LogP contribution < -0.4 is 10.6 Å². The summed E-state index contributed by atoms with van der Waals surface area (Å²) in [6.45, 7) is 7.69. The highest BCUT2D eigenvalue weighted by molar-refractivity contribution is 5.91. The maximum absolute atomic E-state index is 13.5. The first-order chi connectivity index (χ1) is 19.3. The Morgan fingerprint density at radius 3 is 2.38 bits per heavy atom. The van der Waals surface area contributed by atoms with Crippen LogP contribution in [-0.4, -0.2) is 95.8 Å². The third-order valence-corrected chi connectivity index (χ3v) is 8.22. The summed E-state index contributed by atoms with van der Waals surface area (Å²) in [7, 11) is 0. The minimum atomic E-state index is -0.957. The number of nitrogens with zero attached hydrogens (tertiary/aromatic N) is 3. The number of para-hydroxylation sites is 1. The van der Waals surface area contributed by atoms with Gasteiger partial charge in [0, 0.05) is 64.0 Å². The Hall–Kier alpha value is -3.79. The third-order valence-electron chi connectivity index (χ3n) is 8.22.